The zero-order valence-corrected chi connectivity index (χ0v) is 7.20. The van der Waals surface area contributed by atoms with E-state index in [-0.39, 0.29) is 0 Å². The predicted molar refractivity (Wildman–Crippen MR) is 53.5 cm³/mol. The molecule has 0 radical (unpaired) electrons. The van der Waals surface area contributed by atoms with Crippen molar-refractivity contribution in [2.45, 2.75) is 6.54 Å². The molecule has 0 spiro atoms. The van der Waals surface area contributed by atoms with Crippen molar-refractivity contribution in [2.75, 3.05) is 0 Å². The van der Waals surface area contributed by atoms with Gasteiger partial charge in [-0.2, -0.15) is 0 Å². The smallest absolute Gasteiger partial charge is 0.123 e. The van der Waals surface area contributed by atoms with E-state index in [1.807, 2.05) is 30.3 Å². The predicted octanol–water partition coefficient (Wildman–Crippen LogP) is 2.00. The SMILES string of the molecule is NCc1ccc2cccc(O)c2c1. The van der Waals surface area contributed by atoms with Gasteiger partial charge in [-0.25, -0.2) is 0 Å². The van der Waals surface area contributed by atoms with Crippen LogP contribution in [0.3, 0.4) is 0 Å². The van der Waals surface area contributed by atoms with E-state index in [9.17, 15) is 5.11 Å². The van der Waals surface area contributed by atoms with Gasteiger partial charge in [-0.1, -0.05) is 24.3 Å². The van der Waals surface area contributed by atoms with Gasteiger partial charge in [-0.05, 0) is 23.1 Å². The highest BCUT2D eigenvalue weighted by Gasteiger charge is 1.98. The van der Waals surface area contributed by atoms with Crippen LogP contribution in [0.4, 0.5) is 0 Å². The molecule has 66 valence electrons. The maximum Gasteiger partial charge on any atom is 0.123 e. The van der Waals surface area contributed by atoms with Gasteiger partial charge in [0.15, 0.2) is 0 Å². The van der Waals surface area contributed by atoms with Gasteiger partial charge in [0.05, 0.1) is 0 Å². The topological polar surface area (TPSA) is 46.2 Å². The number of rotatable bonds is 1. The van der Waals surface area contributed by atoms with Gasteiger partial charge in [-0.3, -0.25) is 0 Å². The first-order valence-corrected chi connectivity index (χ1v) is 4.22. The van der Waals surface area contributed by atoms with Gasteiger partial charge < -0.3 is 10.8 Å². The zero-order chi connectivity index (χ0) is 9.26. The third-order valence-electron chi connectivity index (χ3n) is 2.16. The van der Waals surface area contributed by atoms with Crippen molar-refractivity contribution in [3.8, 4) is 5.75 Å². The molecule has 3 N–H and O–H groups in total. The molecule has 0 aliphatic heterocycles. The third kappa shape index (κ3) is 1.36. The lowest BCUT2D eigenvalue weighted by Crippen LogP contribution is -1.95. The van der Waals surface area contributed by atoms with Crippen LogP contribution in [0.5, 0.6) is 5.75 Å². The fourth-order valence-corrected chi connectivity index (χ4v) is 1.43. The first-order chi connectivity index (χ1) is 6.31. The Hall–Kier alpha value is -1.54. The number of nitrogens with two attached hydrogens (primary N) is 1. The molecule has 2 aromatic rings. The van der Waals surface area contributed by atoms with Crippen LogP contribution in [0.1, 0.15) is 5.56 Å². The standard InChI is InChI=1S/C11H11NO/c12-7-8-4-5-9-2-1-3-11(13)10(9)6-8/h1-6,13H,7,12H2. The van der Waals surface area contributed by atoms with Crippen molar-refractivity contribution in [3.63, 3.8) is 0 Å². The molecule has 0 aliphatic carbocycles. The Kier molecular flexibility index (Phi) is 1.91. The molecule has 2 heteroatoms. The fraction of sp³-hybridized carbons (Fsp3) is 0.0909. The van der Waals surface area contributed by atoms with Gasteiger partial charge in [-0.15, -0.1) is 0 Å². The summed E-state index contributed by atoms with van der Waals surface area (Å²) in [5.41, 5.74) is 6.55. The molecule has 0 heterocycles. The average Bonchev–Trinajstić information content (AvgIpc) is 2.18. The van der Waals surface area contributed by atoms with Gasteiger partial charge >= 0.3 is 0 Å². The Morgan fingerprint density at radius 1 is 1.15 bits per heavy atom. The monoisotopic (exact) mass is 173 g/mol. The summed E-state index contributed by atoms with van der Waals surface area (Å²) < 4.78 is 0. The highest BCUT2D eigenvalue weighted by Crippen LogP contribution is 2.24. The quantitative estimate of drug-likeness (QED) is 0.692. The number of phenols is 1. The summed E-state index contributed by atoms with van der Waals surface area (Å²) in [6, 6.07) is 11.3. The van der Waals surface area contributed by atoms with E-state index in [0.29, 0.717) is 12.3 Å². The molecule has 13 heavy (non-hydrogen) atoms. The van der Waals surface area contributed by atoms with Gasteiger partial charge in [0.2, 0.25) is 0 Å². The van der Waals surface area contributed by atoms with E-state index in [2.05, 4.69) is 0 Å². The Balaban J connectivity index is 2.74. The normalized spacial score (nSPS) is 10.5. The lowest BCUT2D eigenvalue weighted by molar-refractivity contribution is 0.481. The van der Waals surface area contributed by atoms with Crippen molar-refractivity contribution in [1.29, 1.82) is 0 Å². The average molecular weight is 173 g/mol. The molecule has 0 amide bonds. The highest BCUT2D eigenvalue weighted by molar-refractivity contribution is 5.88. The second kappa shape index (κ2) is 3.07. The van der Waals surface area contributed by atoms with Crippen LogP contribution >= 0.6 is 0 Å². The van der Waals surface area contributed by atoms with Crippen molar-refractivity contribution >= 4 is 10.8 Å². The van der Waals surface area contributed by atoms with Crippen LogP contribution in [-0.2, 0) is 6.54 Å². The second-order valence-electron chi connectivity index (χ2n) is 3.04. The summed E-state index contributed by atoms with van der Waals surface area (Å²) in [7, 11) is 0. The maximum atomic E-state index is 9.55. The van der Waals surface area contributed by atoms with E-state index in [4.69, 9.17) is 5.73 Å². The Bertz CT molecular complexity index is 437. The van der Waals surface area contributed by atoms with Crippen LogP contribution in [-0.4, -0.2) is 5.11 Å². The Labute approximate surface area is 76.6 Å². The Morgan fingerprint density at radius 2 is 2.00 bits per heavy atom. The van der Waals surface area contributed by atoms with Crippen LogP contribution in [0.25, 0.3) is 10.8 Å². The molecule has 0 saturated carbocycles. The summed E-state index contributed by atoms with van der Waals surface area (Å²) in [6.45, 7) is 0.504. The Morgan fingerprint density at radius 3 is 2.77 bits per heavy atom. The molecular weight excluding hydrogens is 162 g/mol. The summed E-state index contributed by atoms with van der Waals surface area (Å²) in [5, 5.41) is 11.5. The number of benzene rings is 2. The molecule has 2 rings (SSSR count). The number of hydrogen-bond donors (Lipinski definition) is 2. The van der Waals surface area contributed by atoms with Crippen molar-refractivity contribution in [3.05, 3.63) is 42.0 Å². The first-order valence-electron chi connectivity index (χ1n) is 4.22. The number of hydrogen-bond acceptors (Lipinski definition) is 2. The summed E-state index contributed by atoms with van der Waals surface area (Å²) in [5.74, 6) is 0.313. The van der Waals surface area contributed by atoms with Gasteiger partial charge in [0.25, 0.3) is 0 Å². The van der Waals surface area contributed by atoms with E-state index < -0.39 is 0 Å². The van der Waals surface area contributed by atoms with E-state index in [1.165, 1.54) is 0 Å². The summed E-state index contributed by atoms with van der Waals surface area (Å²) >= 11 is 0. The van der Waals surface area contributed by atoms with Crippen LogP contribution < -0.4 is 5.73 Å². The van der Waals surface area contributed by atoms with Crippen molar-refractivity contribution in [2.24, 2.45) is 5.73 Å². The molecular formula is C11H11NO. The van der Waals surface area contributed by atoms with Crippen LogP contribution in [0, 0.1) is 0 Å². The minimum Gasteiger partial charge on any atom is -0.507 e. The fourth-order valence-electron chi connectivity index (χ4n) is 1.43. The zero-order valence-electron chi connectivity index (χ0n) is 7.20. The first kappa shape index (κ1) is 8.08. The number of aromatic hydroxyl groups is 1. The molecule has 0 fully saturated rings. The molecule has 0 saturated heterocycles. The molecule has 0 bridgehead atoms. The lowest BCUT2D eigenvalue weighted by atomic mass is 10.1. The largest absolute Gasteiger partial charge is 0.507 e. The van der Waals surface area contributed by atoms with E-state index in [0.717, 1.165) is 16.3 Å². The van der Waals surface area contributed by atoms with E-state index in [1.54, 1.807) is 6.07 Å². The molecule has 2 nitrogen and oxygen atoms in total. The lowest BCUT2D eigenvalue weighted by Gasteiger charge is -2.02. The van der Waals surface area contributed by atoms with Crippen molar-refractivity contribution < 1.29 is 5.11 Å². The van der Waals surface area contributed by atoms with Crippen LogP contribution in [0.15, 0.2) is 36.4 Å². The third-order valence-corrected chi connectivity index (χ3v) is 2.16. The minimum atomic E-state index is 0.313. The molecule has 2 aromatic carbocycles. The molecule has 0 atom stereocenters. The number of phenolic OH excluding ortho intramolecular Hbond substituents is 1. The summed E-state index contributed by atoms with van der Waals surface area (Å²) in [4.78, 5) is 0. The highest BCUT2D eigenvalue weighted by atomic mass is 16.3. The minimum absolute atomic E-state index is 0.313. The molecule has 0 aliphatic rings. The molecule has 0 unspecified atom stereocenters. The summed E-state index contributed by atoms with van der Waals surface area (Å²) in [6.07, 6.45) is 0. The number of fused-ring (bicyclic) bond motifs is 1. The second-order valence-corrected chi connectivity index (χ2v) is 3.04. The van der Waals surface area contributed by atoms with Crippen molar-refractivity contribution in [1.82, 2.24) is 0 Å². The molecule has 0 aromatic heterocycles. The van der Waals surface area contributed by atoms with Gasteiger partial charge in [0, 0.05) is 11.9 Å². The maximum absolute atomic E-state index is 9.55. The van der Waals surface area contributed by atoms with Gasteiger partial charge in [0.1, 0.15) is 5.75 Å². The van der Waals surface area contributed by atoms with Crippen LogP contribution in [0.2, 0.25) is 0 Å². The van der Waals surface area contributed by atoms with E-state index >= 15 is 0 Å².